The van der Waals surface area contributed by atoms with Crippen molar-refractivity contribution in [3.8, 4) is 5.75 Å². The van der Waals surface area contributed by atoms with Crippen LogP contribution in [0.1, 0.15) is 12.5 Å². The van der Waals surface area contributed by atoms with Crippen LogP contribution in [0.3, 0.4) is 0 Å². The number of rotatable bonds is 1. The van der Waals surface area contributed by atoms with Crippen molar-refractivity contribution in [3.05, 3.63) is 36.2 Å². The number of nitrogens with zero attached hydrogens (tertiary/aromatic N) is 1. The predicted octanol–water partition coefficient (Wildman–Crippen LogP) is 2.01. The van der Waals surface area contributed by atoms with Gasteiger partial charge in [0, 0.05) is 11.8 Å². The van der Waals surface area contributed by atoms with E-state index in [2.05, 4.69) is 6.20 Å². The lowest BCUT2D eigenvalue weighted by atomic mass is 10.2. The monoisotopic (exact) mass is 160 g/mol. The lowest BCUT2D eigenvalue weighted by molar-refractivity contribution is 0.476. The van der Waals surface area contributed by atoms with E-state index in [-0.39, 0.29) is 0 Å². The summed E-state index contributed by atoms with van der Waals surface area (Å²) in [4.78, 5) is 0. The van der Waals surface area contributed by atoms with E-state index < -0.39 is 0 Å². The summed E-state index contributed by atoms with van der Waals surface area (Å²) in [6.07, 6.45) is 5.78. The van der Waals surface area contributed by atoms with Crippen molar-refractivity contribution in [1.82, 2.24) is 4.40 Å². The van der Waals surface area contributed by atoms with Crippen LogP contribution in [0.15, 0.2) is 24.4 Å². The van der Waals surface area contributed by atoms with E-state index >= 15 is 0 Å². The highest BCUT2D eigenvalue weighted by molar-refractivity contribution is 5.63. The van der Waals surface area contributed by atoms with Crippen LogP contribution < -0.4 is 0 Å². The highest BCUT2D eigenvalue weighted by atomic mass is 16.3. The molecule has 61 valence electrons. The van der Waals surface area contributed by atoms with Crippen molar-refractivity contribution in [2.24, 2.45) is 0 Å². The molecule has 0 spiro atoms. The van der Waals surface area contributed by atoms with Gasteiger partial charge in [-0.3, -0.25) is 0 Å². The zero-order valence-electron chi connectivity index (χ0n) is 6.91. The highest BCUT2D eigenvalue weighted by Crippen LogP contribution is 2.24. The number of fused-ring (bicyclic) bond motifs is 1. The Bertz CT molecular complexity index is 403. The van der Waals surface area contributed by atoms with Crippen LogP contribution in [0.5, 0.6) is 5.75 Å². The van der Waals surface area contributed by atoms with Crippen molar-refractivity contribution in [3.63, 3.8) is 0 Å². The molecule has 2 aromatic rings. The molecule has 2 heterocycles. The molecular weight excluding hydrogens is 150 g/mol. The molecule has 2 nitrogen and oxygen atoms in total. The van der Waals surface area contributed by atoms with Gasteiger partial charge in [0.15, 0.2) is 0 Å². The molecule has 0 aromatic carbocycles. The van der Waals surface area contributed by atoms with Gasteiger partial charge in [0.25, 0.3) is 0 Å². The Hall–Kier alpha value is -1.44. The Morgan fingerprint density at radius 3 is 3.00 bits per heavy atom. The van der Waals surface area contributed by atoms with E-state index in [1.54, 1.807) is 0 Å². The Balaban J connectivity index is 2.78. The van der Waals surface area contributed by atoms with Crippen molar-refractivity contribution < 1.29 is 5.11 Å². The molecule has 0 atom stereocenters. The Morgan fingerprint density at radius 2 is 2.33 bits per heavy atom. The van der Waals surface area contributed by atoms with E-state index in [9.17, 15) is 5.11 Å². The molecule has 0 saturated heterocycles. The van der Waals surface area contributed by atoms with Gasteiger partial charge in [0.1, 0.15) is 5.75 Å². The summed E-state index contributed by atoms with van der Waals surface area (Å²) in [6.45, 7) is 2.00. The molecule has 0 aliphatic rings. The average molecular weight is 160 g/mol. The molecule has 2 heteroatoms. The van der Waals surface area contributed by atoms with E-state index in [0.717, 1.165) is 17.5 Å². The first-order valence-electron chi connectivity index (χ1n) is 4.03. The number of hydrogen-bond acceptors (Lipinski definition) is 1. The number of hydrogen-bond donors (Lipinski definition) is 1. The normalized spacial score (nSPS) is 10.8. The predicted molar refractivity (Wildman–Crippen MR) is 47.3 cm³/mol. The average Bonchev–Trinajstić information content (AvgIpc) is 2.44. The van der Waals surface area contributed by atoms with Crippen molar-refractivity contribution in [2.75, 3.05) is 0 Å². The Labute approximate surface area is 71.1 Å². The van der Waals surface area contributed by atoms with Gasteiger partial charge >= 0.3 is 0 Å². The third-order valence-electron chi connectivity index (χ3n) is 2.00. The molecule has 2 aromatic heterocycles. The summed E-state index contributed by atoms with van der Waals surface area (Å²) in [5.41, 5.74) is 1.70. The van der Waals surface area contributed by atoms with Crippen molar-refractivity contribution in [1.29, 1.82) is 0 Å². The SMILES string of the molecule is CCc1[c]n2ccccc2c1O. The van der Waals surface area contributed by atoms with Crippen LogP contribution in [0.25, 0.3) is 5.52 Å². The third kappa shape index (κ3) is 0.881. The number of aryl methyl sites for hydroxylation is 1. The van der Waals surface area contributed by atoms with Gasteiger partial charge in [0.05, 0.1) is 11.7 Å². The minimum Gasteiger partial charge on any atom is -0.505 e. The fourth-order valence-electron chi connectivity index (χ4n) is 1.33. The third-order valence-corrected chi connectivity index (χ3v) is 2.00. The fraction of sp³-hybridized carbons (Fsp3) is 0.200. The van der Waals surface area contributed by atoms with Gasteiger partial charge in [-0.25, -0.2) is 0 Å². The van der Waals surface area contributed by atoms with E-state index in [1.807, 2.05) is 35.7 Å². The second-order valence-corrected chi connectivity index (χ2v) is 2.75. The summed E-state index contributed by atoms with van der Waals surface area (Å²) in [6, 6.07) is 5.70. The molecular formula is C10H10NO. The molecule has 1 radical (unpaired) electrons. The van der Waals surface area contributed by atoms with Gasteiger partial charge in [-0.2, -0.15) is 0 Å². The topological polar surface area (TPSA) is 24.6 Å². The minimum absolute atomic E-state index is 0.359. The van der Waals surface area contributed by atoms with Crippen LogP contribution in [-0.2, 0) is 6.42 Å². The van der Waals surface area contributed by atoms with Gasteiger partial charge in [0.2, 0.25) is 0 Å². The van der Waals surface area contributed by atoms with E-state index in [0.29, 0.717) is 5.75 Å². The zero-order valence-corrected chi connectivity index (χ0v) is 6.91. The lowest BCUT2D eigenvalue weighted by Gasteiger charge is -1.91. The summed E-state index contributed by atoms with van der Waals surface area (Å²) in [5.74, 6) is 0.359. The summed E-state index contributed by atoms with van der Waals surface area (Å²) >= 11 is 0. The van der Waals surface area contributed by atoms with E-state index in [1.165, 1.54) is 0 Å². The highest BCUT2D eigenvalue weighted by Gasteiger charge is 2.06. The number of aromatic nitrogens is 1. The molecule has 0 fully saturated rings. The standard InChI is InChI=1S/C10H10NO/c1-2-8-7-11-6-4-3-5-9(11)10(8)12/h3-6,12H,2H2,1H3. The smallest absolute Gasteiger partial charge is 0.144 e. The maximum atomic E-state index is 9.64. The zero-order chi connectivity index (χ0) is 8.55. The molecule has 1 N–H and O–H groups in total. The van der Waals surface area contributed by atoms with Crippen molar-refractivity contribution in [2.45, 2.75) is 13.3 Å². The Morgan fingerprint density at radius 1 is 1.50 bits per heavy atom. The minimum atomic E-state index is 0.359. The summed E-state index contributed by atoms with van der Waals surface area (Å²) < 4.78 is 1.81. The summed E-state index contributed by atoms with van der Waals surface area (Å²) in [5, 5.41) is 9.64. The van der Waals surface area contributed by atoms with Crippen LogP contribution in [-0.4, -0.2) is 9.51 Å². The molecule has 0 aliphatic carbocycles. The molecule has 0 amide bonds. The maximum Gasteiger partial charge on any atom is 0.144 e. The molecule has 0 unspecified atom stereocenters. The molecule has 0 bridgehead atoms. The summed E-state index contributed by atoms with van der Waals surface area (Å²) in [7, 11) is 0. The first kappa shape index (κ1) is 7.22. The first-order chi connectivity index (χ1) is 5.83. The molecule has 12 heavy (non-hydrogen) atoms. The Kier molecular flexibility index (Phi) is 1.54. The van der Waals surface area contributed by atoms with Crippen molar-refractivity contribution >= 4 is 5.52 Å². The van der Waals surface area contributed by atoms with Crippen LogP contribution in [0.2, 0.25) is 0 Å². The second-order valence-electron chi connectivity index (χ2n) is 2.75. The molecule has 2 rings (SSSR count). The van der Waals surface area contributed by atoms with Gasteiger partial charge < -0.3 is 9.51 Å². The fourth-order valence-corrected chi connectivity index (χ4v) is 1.33. The van der Waals surface area contributed by atoms with Gasteiger partial charge in [-0.1, -0.05) is 13.0 Å². The largest absolute Gasteiger partial charge is 0.505 e. The first-order valence-corrected chi connectivity index (χ1v) is 4.03. The molecule has 0 saturated carbocycles. The maximum absolute atomic E-state index is 9.64. The number of aromatic hydroxyl groups is 1. The van der Waals surface area contributed by atoms with Crippen LogP contribution in [0, 0.1) is 6.20 Å². The van der Waals surface area contributed by atoms with Crippen LogP contribution >= 0.6 is 0 Å². The molecule has 0 aliphatic heterocycles. The second kappa shape index (κ2) is 2.55. The lowest BCUT2D eigenvalue weighted by Crippen LogP contribution is -1.77. The number of pyridine rings is 1. The van der Waals surface area contributed by atoms with Gasteiger partial charge in [-0.05, 0) is 18.6 Å². The van der Waals surface area contributed by atoms with Crippen LogP contribution in [0.4, 0.5) is 0 Å². The van der Waals surface area contributed by atoms with E-state index in [4.69, 9.17) is 0 Å². The van der Waals surface area contributed by atoms with Gasteiger partial charge in [-0.15, -0.1) is 0 Å². The quantitative estimate of drug-likeness (QED) is 0.678.